The molecule has 2 aromatic heterocycles. The van der Waals surface area contributed by atoms with Gasteiger partial charge in [-0.05, 0) is 55.3 Å². The molecule has 26 heavy (non-hydrogen) atoms. The molecule has 7 heteroatoms. The van der Waals surface area contributed by atoms with Crippen molar-refractivity contribution < 1.29 is 4.52 Å². The van der Waals surface area contributed by atoms with Gasteiger partial charge in [-0.15, -0.1) is 4.91 Å². The molecule has 7 nitrogen and oxygen atoms in total. The van der Waals surface area contributed by atoms with E-state index in [0.717, 1.165) is 29.8 Å². The first kappa shape index (κ1) is 16.4. The molecule has 1 aromatic carbocycles. The molecule has 0 bridgehead atoms. The molecule has 0 spiro atoms. The van der Waals surface area contributed by atoms with Gasteiger partial charge in [-0.3, -0.25) is 4.98 Å². The van der Waals surface area contributed by atoms with Crippen molar-refractivity contribution in [3.8, 4) is 22.8 Å². The lowest BCUT2D eigenvalue weighted by molar-refractivity contribution is 0.432. The van der Waals surface area contributed by atoms with Crippen LogP contribution in [-0.4, -0.2) is 21.2 Å². The topological polar surface area (TPSA) is 93.3 Å². The van der Waals surface area contributed by atoms with E-state index in [4.69, 9.17) is 4.52 Å². The summed E-state index contributed by atoms with van der Waals surface area (Å²) in [4.78, 5) is 19.9. The van der Waals surface area contributed by atoms with E-state index >= 15 is 0 Å². The highest BCUT2D eigenvalue weighted by Gasteiger charge is 2.18. The van der Waals surface area contributed by atoms with Crippen LogP contribution < -0.4 is 5.32 Å². The van der Waals surface area contributed by atoms with E-state index in [2.05, 4.69) is 25.6 Å². The van der Waals surface area contributed by atoms with E-state index in [0.29, 0.717) is 29.0 Å². The van der Waals surface area contributed by atoms with Crippen LogP contribution in [0.3, 0.4) is 0 Å². The quantitative estimate of drug-likeness (QED) is 0.661. The van der Waals surface area contributed by atoms with Crippen molar-refractivity contribution in [2.75, 3.05) is 5.32 Å². The Balaban J connectivity index is 1.60. The molecule has 0 aliphatic heterocycles. The number of pyridine rings is 1. The van der Waals surface area contributed by atoms with Crippen LogP contribution in [0.4, 0.5) is 11.4 Å². The Morgan fingerprint density at radius 3 is 2.77 bits per heavy atom. The minimum atomic E-state index is 0.354. The van der Waals surface area contributed by atoms with Gasteiger partial charge in [0.2, 0.25) is 5.82 Å². The summed E-state index contributed by atoms with van der Waals surface area (Å²) >= 11 is 0. The third-order valence-electron chi connectivity index (χ3n) is 4.64. The molecule has 1 fully saturated rings. The van der Waals surface area contributed by atoms with Crippen molar-refractivity contribution in [1.29, 1.82) is 0 Å². The van der Waals surface area contributed by atoms with E-state index in [-0.39, 0.29) is 0 Å². The summed E-state index contributed by atoms with van der Waals surface area (Å²) in [5.41, 5.74) is 3.49. The second-order valence-electron chi connectivity index (χ2n) is 6.56. The fourth-order valence-corrected chi connectivity index (χ4v) is 3.29. The first-order valence-corrected chi connectivity index (χ1v) is 8.74. The molecular weight excluding hydrogens is 330 g/mol. The van der Waals surface area contributed by atoms with Crippen LogP contribution in [0.2, 0.25) is 0 Å². The number of rotatable bonds is 5. The highest BCUT2D eigenvalue weighted by molar-refractivity contribution is 5.73. The van der Waals surface area contributed by atoms with Crippen LogP contribution in [0.25, 0.3) is 22.8 Å². The maximum absolute atomic E-state index is 11.3. The van der Waals surface area contributed by atoms with E-state index in [9.17, 15) is 4.91 Å². The van der Waals surface area contributed by atoms with E-state index < -0.39 is 0 Å². The van der Waals surface area contributed by atoms with Crippen LogP contribution in [0.1, 0.15) is 31.4 Å². The first-order valence-electron chi connectivity index (χ1n) is 8.74. The van der Waals surface area contributed by atoms with Gasteiger partial charge in [-0.2, -0.15) is 4.98 Å². The normalized spacial score (nSPS) is 14.5. The summed E-state index contributed by atoms with van der Waals surface area (Å²) in [6.45, 7) is 1.91. The molecule has 2 heterocycles. The number of hydrogen-bond donors (Lipinski definition) is 1. The molecule has 0 saturated heterocycles. The Labute approximate surface area is 150 Å². The van der Waals surface area contributed by atoms with Crippen molar-refractivity contribution in [3.63, 3.8) is 0 Å². The molecule has 4 rings (SSSR count). The van der Waals surface area contributed by atoms with Crippen LogP contribution in [-0.2, 0) is 0 Å². The molecular formula is C19H19N5O2. The highest BCUT2D eigenvalue weighted by Crippen LogP contribution is 2.33. The summed E-state index contributed by atoms with van der Waals surface area (Å²) < 4.78 is 5.37. The Hall–Kier alpha value is -3.09. The van der Waals surface area contributed by atoms with Crippen molar-refractivity contribution in [2.45, 2.75) is 38.6 Å². The number of aromatic nitrogens is 3. The molecule has 3 aromatic rings. The minimum absolute atomic E-state index is 0.354. The SMILES string of the molecule is Cc1cc(-c2noc(-c3ccc(NC4CCCC4)c(N=O)c3)n2)ccn1. The standard InChI is InChI=1S/C19H19N5O2/c1-12-10-13(8-9-20-12)18-22-19(26-24-18)14-6-7-16(17(11-14)23-25)21-15-4-2-3-5-15/h6-11,15,21H,2-5H2,1H3. The summed E-state index contributed by atoms with van der Waals surface area (Å²) in [6, 6.07) is 9.52. The molecule has 0 unspecified atom stereocenters. The van der Waals surface area contributed by atoms with Crippen LogP contribution in [0.5, 0.6) is 0 Å². The number of aryl methyl sites for hydroxylation is 1. The average Bonchev–Trinajstić information content (AvgIpc) is 3.34. The van der Waals surface area contributed by atoms with Gasteiger partial charge in [-0.1, -0.05) is 18.0 Å². The molecule has 1 N–H and O–H groups in total. The smallest absolute Gasteiger partial charge is 0.258 e. The van der Waals surface area contributed by atoms with Gasteiger partial charge in [0.25, 0.3) is 5.89 Å². The van der Waals surface area contributed by atoms with Crippen LogP contribution in [0, 0.1) is 11.8 Å². The Bertz CT molecular complexity index is 931. The highest BCUT2D eigenvalue weighted by atomic mass is 16.5. The monoisotopic (exact) mass is 349 g/mol. The molecule has 1 aliphatic carbocycles. The lowest BCUT2D eigenvalue weighted by atomic mass is 10.1. The third-order valence-corrected chi connectivity index (χ3v) is 4.64. The fraction of sp³-hybridized carbons (Fsp3) is 0.316. The number of hydrogen-bond acceptors (Lipinski definition) is 7. The molecule has 132 valence electrons. The molecule has 0 radical (unpaired) electrons. The second-order valence-corrected chi connectivity index (χ2v) is 6.56. The van der Waals surface area contributed by atoms with Crippen molar-refractivity contribution in [2.24, 2.45) is 5.18 Å². The van der Waals surface area contributed by atoms with Crippen molar-refractivity contribution in [1.82, 2.24) is 15.1 Å². The van der Waals surface area contributed by atoms with Gasteiger partial charge < -0.3 is 9.84 Å². The van der Waals surface area contributed by atoms with Gasteiger partial charge in [0, 0.05) is 29.1 Å². The van der Waals surface area contributed by atoms with Gasteiger partial charge in [-0.25, -0.2) is 0 Å². The number of anilines is 1. The van der Waals surface area contributed by atoms with Gasteiger partial charge in [0.15, 0.2) is 0 Å². The van der Waals surface area contributed by atoms with Gasteiger partial charge in [0.1, 0.15) is 5.69 Å². The zero-order chi connectivity index (χ0) is 17.9. The zero-order valence-corrected chi connectivity index (χ0v) is 14.5. The van der Waals surface area contributed by atoms with Crippen molar-refractivity contribution in [3.05, 3.63) is 47.1 Å². The summed E-state index contributed by atoms with van der Waals surface area (Å²) in [5, 5.41) is 10.6. The number of nitroso groups, excluding NO2 is 1. The largest absolute Gasteiger partial charge is 0.380 e. The number of nitrogens with zero attached hydrogens (tertiary/aromatic N) is 4. The Morgan fingerprint density at radius 2 is 2.00 bits per heavy atom. The van der Waals surface area contributed by atoms with E-state index in [1.165, 1.54) is 12.8 Å². The van der Waals surface area contributed by atoms with Gasteiger partial charge >= 0.3 is 0 Å². The summed E-state index contributed by atoms with van der Waals surface area (Å²) in [5.74, 6) is 0.839. The first-order chi connectivity index (χ1) is 12.7. The Morgan fingerprint density at radius 1 is 1.15 bits per heavy atom. The van der Waals surface area contributed by atoms with E-state index in [1.807, 2.05) is 31.2 Å². The Kier molecular flexibility index (Phi) is 4.43. The van der Waals surface area contributed by atoms with Gasteiger partial charge in [0.05, 0.1) is 5.69 Å². The average molecular weight is 349 g/mol. The lowest BCUT2D eigenvalue weighted by Crippen LogP contribution is -2.14. The zero-order valence-electron chi connectivity index (χ0n) is 14.5. The summed E-state index contributed by atoms with van der Waals surface area (Å²) in [6.07, 6.45) is 6.40. The predicted octanol–water partition coefficient (Wildman–Crippen LogP) is 4.86. The number of nitrogens with one attached hydrogen (secondary N) is 1. The molecule has 1 aliphatic rings. The van der Waals surface area contributed by atoms with Crippen LogP contribution >= 0.6 is 0 Å². The molecule has 0 amide bonds. The number of benzene rings is 1. The van der Waals surface area contributed by atoms with E-state index in [1.54, 1.807) is 12.3 Å². The third kappa shape index (κ3) is 3.33. The fourth-order valence-electron chi connectivity index (χ4n) is 3.29. The lowest BCUT2D eigenvalue weighted by Gasteiger charge is -2.14. The predicted molar refractivity (Wildman–Crippen MR) is 99.0 cm³/mol. The maximum atomic E-state index is 11.3. The van der Waals surface area contributed by atoms with Crippen LogP contribution in [0.15, 0.2) is 46.2 Å². The minimum Gasteiger partial charge on any atom is -0.380 e. The maximum Gasteiger partial charge on any atom is 0.258 e. The summed E-state index contributed by atoms with van der Waals surface area (Å²) in [7, 11) is 0. The molecule has 0 atom stereocenters. The van der Waals surface area contributed by atoms with Crippen molar-refractivity contribution >= 4 is 11.4 Å². The molecule has 1 saturated carbocycles. The second kappa shape index (κ2) is 7.03.